The van der Waals surface area contributed by atoms with Crippen LogP contribution in [0, 0.1) is 11.2 Å². The minimum Gasteiger partial charge on any atom is -0.368 e. The molecule has 2 saturated carbocycles. The van der Waals surface area contributed by atoms with Gasteiger partial charge in [0.25, 0.3) is 0 Å². The normalized spacial score (nSPS) is 23.4. The molecule has 0 bridgehead atoms. The van der Waals surface area contributed by atoms with Crippen LogP contribution >= 0.6 is 0 Å². The van der Waals surface area contributed by atoms with Crippen molar-refractivity contribution >= 4 is 5.69 Å². The van der Waals surface area contributed by atoms with E-state index >= 15 is 0 Å². The summed E-state index contributed by atoms with van der Waals surface area (Å²) < 4.78 is 13.1. The van der Waals surface area contributed by atoms with Gasteiger partial charge in [0, 0.05) is 19.3 Å². The SMILES string of the molecule is CN(c1ccc(F)cc1)C1(CN)CCC2(CCCC2)CC1. The zero-order chi connectivity index (χ0) is 14.9. The average molecular weight is 290 g/mol. The van der Waals surface area contributed by atoms with Crippen molar-refractivity contribution in [3.05, 3.63) is 30.1 Å². The van der Waals surface area contributed by atoms with Crippen LogP contribution in [0.1, 0.15) is 51.4 Å². The van der Waals surface area contributed by atoms with Crippen molar-refractivity contribution in [3.63, 3.8) is 0 Å². The van der Waals surface area contributed by atoms with Crippen molar-refractivity contribution in [1.29, 1.82) is 0 Å². The van der Waals surface area contributed by atoms with E-state index in [0.717, 1.165) is 18.5 Å². The summed E-state index contributed by atoms with van der Waals surface area (Å²) in [6.45, 7) is 0.678. The molecule has 2 fully saturated rings. The second kappa shape index (κ2) is 5.60. The molecule has 0 aliphatic heterocycles. The standard InChI is InChI=1S/C18H27FN2/c1-21(16-6-4-15(19)5-7-16)18(14-20)12-10-17(11-13-18)8-2-3-9-17/h4-7H,2-3,8-14,20H2,1H3. The van der Waals surface area contributed by atoms with Gasteiger partial charge in [-0.2, -0.15) is 0 Å². The molecule has 0 saturated heterocycles. The molecule has 1 aromatic carbocycles. The molecule has 3 rings (SSSR count). The molecular formula is C18H27FN2. The van der Waals surface area contributed by atoms with E-state index in [2.05, 4.69) is 11.9 Å². The molecular weight excluding hydrogens is 263 g/mol. The summed E-state index contributed by atoms with van der Waals surface area (Å²) >= 11 is 0. The number of halogens is 1. The Morgan fingerprint density at radius 1 is 1.00 bits per heavy atom. The zero-order valence-electron chi connectivity index (χ0n) is 13.1. The number of likely N-dealkylation sites (N-methyl/N-ethyl adjacent to an activating group) is 1. The molecule has 3 heteroatoms. The molecule has 0 atom stereocenters. The van der Waals surface area contributed by atoms with Gasteiger partial charge in [-0.1, -0.05) is 12.8 Å². The number of rotatable bonds is 3. The van der Waals surface area contributed by atoms with E-state index in [-0.39, 0.29) is 11.4 Å². The van der Waals surface area contributed by atoms with E-state index in [1.54, 1.807) is 0 Å². The lowest BCUT2D eigenvalue weighted by atomic mass is 9.66. The van der Waals surface area contributed by atoms with Crippen molar-refractivity contribution in [2.24, 2.45) is 11.1 Å². The van der Waals surface area contributed by atoms with Crippen molar-refractivity contribution in [3.8, 4) is 0 Å². The van der Waals surface area contributed by atoms with Gasteiger partial charge in [-0.25, -0.2) is 4.39 Å². The maximum absolute atomic E-state index is 13.1. The van der Waals surface area contributed by atoms with Crippen LogP contribution in [-0.2, 0) is 0 Å². The minimum atomic E-state index is -0.178. The van der Waals surface area contributed by atoms with Gasteiger partial charge in [0.2, 0.25) is 0 Å². The summed E-state index contributed by atoms with van der Waals surface area (Å²) in [5.74, 6) is -0.178. The lowest BCUT2D eigenvalue weighted by molar-refractivity contribution is 0.135. The van der Waals surface area contributed by atoms with E-state index < -0.39 is 0 Å². The second-order valence-corrected chi connectivity index (χ2v) is 7.17. The Kier molecular flexibility index (Phi) is 3.96. The fraction of sp³-hybridized carbons (Fsp3) is 0.667. The third kappa shape index (κ3) is 2.68. The predicted molar refractivity (Wildman–Crippen MR) is 86.0 cm³/mol. The van der Waals surface area contributed by atoms with E-state index in [4.69, 9.17) is 5.73 Å². The number of hydrogen-bond acceptors (Lipinski definition) is 2. The highest BCUT2D eigenvalue weighted by Gasteiger charge is 2.45. The number of benzene rings is 1. The maximum atomic E-state index is 13.1. The van der Waals surface area contributed by atoms with Crippen LogP contribution in [0.5, 0.6) is 0 Å². The smallest absolute Gasteiger partial charge is 0.123 e. The number of hydrogen-bond donors (Lipinski definition) is 1. The van der Waals surface area contributed by atoms with Crippen LogP contribution < -0.4 is 10.6 Å². The van der Waals surface area contributed by atoms with Crippen LogP contribution in [0.2, 0.25) is 0 Å². The molecule has 0 amide bonds. The van der Waals surface area contributed by atoms with Crippen LogP contribution in [-0.4, -0.2) is 19.1 Å². The Bertz CT molecular complexity index is 466. The molecule has 0 unspecified atom stereocenters. The molecule has 0 aromatic heterocycles. The van der Waals surface area contributed by atoms with Crippen LogP contribution in [0.15, 0.2) is 24.3 Å². The van der Waals surface area contributed by atoms with Crippen LogP contribution in [0.4, 0.5) is 10.1 Å². The third-order valence-corrected chi connectivity index (χ3v) is 6.21. The Morgan fingerprint density at radius 2 is 1.57 bits per heavy atom. The topological polar surface area (TPSA) is 29.3 Å². The van der Waals surface area contributed by atoms with Crippen LogP contribution in [0.3, 0.4) is 0 Å². The minimum absolute atomic E-state index is 0.0473. The first-order valence-electron chi connectivity index (χ1n) is 8.29. The van der Waals surface area contributed by atoms with Gasteiger partial charge >= 0.3 is 0 Å². The molecule has 116 valence electrons. The van der Waals surface area contributed by atoms with E-state index in [1.165, 1.54) is 50.7 Å². The quantitative estimate of drug-likeness (QED) is 0.908. The molecule has 1 aromatic rings. The second-order valence-electron chi connectivity index (χ2n) is 7.17. The maximum Gasteiger partial charge on any atom is 0.123 e. The first-order valence-corrected chi connectivity index (χ1v) is 8.29. The molecule has 2 aliphatic rings. The van der Waals surface area contributed by atoms with Gasteiger partial charge in [0.15, 0.2) is 0 Å². The predicted octanol–water partition coefficient (Wildman–Crippen LogP) is 4.09. The fourth-order valence-corrected chi connectivity index (χ4v) is 4.49. The molecule has 2 aliphatic carbocycles. The monoisotopic (exact) mass is 290 g/mol. The van der Waals surface area contributed by atoms with Crippen LogP contribution in [0.25, 0.3) is 0 Å². The molecule has 1 spiro atoms. The van der Waals surface area contributed by atoms with Crippen molar-refractivity contribution < 1.29 is 4.39 Å². The fourth-order valence-electron chi connectivity index (χ4n) is 4.49. The number of nitrogens with zero attached hydrogens (tertiary/aromatic N) is 1. The van der Waals surface area contributed by atoms with E-state index in [1.807, 2.05) is 12.1 Å². The van der Waals surface area contributed by atoms with Gasteiger partial charge in [0.05, 0.1) is 5.54 Å². The summed E-state index contributed by atoms with van der Waals surface area (Å²) in [6, 6.07) is 6.81. The first kappa shape index (κ1) is 14.8. The van der Waals surface area contributed by atoms with Crippen molar-refractivity contribution in [1.82, 2.24) is 0 Å². The van der Waals surface area contributed by atoms with Gasteiger partial charge in [-0.15, -0.1) is 0 Å². The summed E-state index contributed by atoms with van der Waals surface area (Å²) in [5, 5.41) is 0. The number of anilines is 1. The lowest BCUT2D eigenvalue weighted by Crippen LogP contribution is -2.55. The third-order valence-electron chi connectivity index (χ3n) is 6.21. The highest BCUT2D eigenvalue weighted by atomic mass is 19.1. The Hall–Kier alpha value is -1.09. The van der Waals surface area contributed by atoms with Gasteiger partial charge in [0.1, 0.15) is 5.82 Å². The average Bonchev–Trinajstić information content (AvgIpc) is 2.97. The van der Waals surface area contributed by atoms with Gasteiger partial charge in [-0.05, 0) is 68.2 Å². The number of nitrogens with two attached hydrogens (primary N) is 1. The van der Waals surface area contributed by atoms with Crippen molar-refractivity contribution in [2.75, 3.05) is 18.5 Å². The summed E-state index contributed by atoms with van der Waals surface area (Å²) in [4.78, 5) is 2.30. The largest absolute Gasteiger partial charge is 0.368 e. The van der Waals surface area contributed by atoms with E-state index in [9.17, 15) is 4.39 Å². The molecule has 2 nitrogen and oxygen atoms in total. The summed E-state index contributed by atoms with van der Waals surface area (Å²) in [7, 11) is 2.12. The Morgan fingerprint density at radius 3 is 2.10 bits per heavy atom. The van der Waals surface area contributed by atoms with E-state index in [0.29, 0.717) is 12.0 Å². The highest BCUT2D eigenvalue weighted by Crippen LogP contribution is 2.52. The molecule has 0 radical (unpaired) electrons. The first-order chi connectivity index (χ1) is 10.1. The zero-order valence-corrected chi connectivity index (χ0v) is 13.1. The van der Waals surface area contributed by atoms with Gasteiger partial charge in [-0.3, -0.25) is 0 Å². The van der Waals surface area contributed by atoms with Gasteiger partial charge < -0.3 is 10.6 Å². The highest BCUT2D eigenvalue weighted by molar-refractivity contribution is 5.48. The lowest BCUT2D eigenvalue weighted by Gasteiger charge is -2.50. The summed E-state index contributed by atoms with van der Waals surface area (Å²) in [6.07, 6.45) is 10.6. The summed E-state index contributed by atoms with van der Waals surface area (Å²) in [5.41, 5.74) is 7.91. The molecule has 21 heavy (non-hydrogen) atoms. The Balaban J connectivity index is 1.76. The molecule has 2 N–H and O–H groups in total. The van der Waals surface area contributed by atoms with Crippen molar-refractivity contribution in [2.45, 2.75) is 56.9 Å². The Labute approximate surface area is 127 Å². The molecule has 0 heterocycles.